The van der Waals surface area contributed by atoms with Crippen molar-refractivity contribution in [2.24, 2.45) is 5.41 Å². The number of pyridine rings is 1. The molecule has 0 aliphatic heterocycles. The van der Waals surface area contributed by atoms with Gasteiger partial charge < -0.3 is 14.8 Å². The highest BCUT2D eigenvalue weighted by Crippen LogP contribution is 2.24. The normalized spacial score (nSPS) is 11.6. The number of halogens is 1. The van der Waals surface area contributed by atoms with E-state index >= 15 is 0 Å². The summed E-state index contributed by atoms with van der Waals surface area (Å²) >= 11 is 5.89. The van der Waals surface area contributed by atoms with E-state index in [2.05, 4.69) is 10.3 Å². The van der Waals surface area contributed by atoms with Gasteiger partial charge in [-0.2, -0.15) is 0 Å². The maximum atomic E-state index is 11.9. The number of carboxylic acid groups (broad SMARTS) is 1. The van der Waals surface area contributed by atoms with E-state index in [0.29, 0.717) is 11.0 Å². The van der Waals surface area contributed by atoms with Crippen molar-refractivity contribution in [3.63, 3.8) is 0 Å². The van der Waals surface area contributed by atoms with Crippen molar-refractivity contribution >= 4 is 34.4 Å². The minimum Gasteiger partial charge on any atom is -0.481 e. The number of fused-ring (bicyclic) bond motifs is 1. The highest BCUT2D eigenvalue weighted by molar-refractivity contribution is 6.34. The number of carbonyl (C=O) groups is 2. The summed E-state index contributed by atoms with van der Waals surface area (Å²) in [6.07, 6.45) is 1.48. The van der Waals surface area contributed by atoms with Gasteiger partial charge in [0.05, 0.1) is 10.8 Å². The highest BCUT2D eigenvalue weighted by atomic mass is 35.5. The Balaban J connectivity index is 2.16. The minimum absolute atomic E-state index is 0.00973. The number of rotatable bonds is 4. The molecule has 1 amide bonds. The van der Waals surface area contributed by atoms with Crippen LogP contribution < -0.4 is 5.32 Å². The Kier molecular flexibility index (Phi) is 3.67. The number of amides is 1. The third-order valence-corrected chi connectivity index (χ3v) is 3.19. The Labute approximate surface area is 119 Å². The number of nitrogens with one attached hydrogen (secondary N) is 1. The van der Waals surface area contributed by atoms with Crippen LogP contribution in [0.25, 0.3) is 11.0 Å². The SMILES string of the molecule is CC(C)(CNC(=O)c1cc2c(Cl)nccc2o1)C(=O)O. The minimum atomic E-state index is -1.05. The van der Waals surface area contributed by atoms with Crippen molar-refractivity contribution < 1.29 is 19.1 Å². The van der Waals surface area contributed by atoms with Crippen LogP contribution in [0.3, 0.4) is 0 Å². The van der Waals surface area contributed by atoms with Crippen molar-refractivity contribution in [1.82, 2.24) is 10.3 Å². The first-order valence-electron chi connectivity index (χ1n) is 5.87. The van der Waals surface area contributed by atoms with Crippen LogP contribution in [0, 0.1) is 5.41 Å². The first-order valence-corrected chi connectivity index (χ1v) is 6.25. The number of furan rings is 1. The van der Waals surface area contributed by atoms with E-state index in [-0.39, 0.29) is 17.5 Å². The molecule has 6 nitrogen and oxygen atoms in total. The standard InChI is InChI=1S/C13H13ClN2O4/c1-13(2,12(18)19)6-16-11(17)9-5-7-8(20-9)3-4-15-10(7)14/h3-5H,6H2,1-2H3,(H,16,17)(H,18,19). The Bertz CT molecular complexity index is 678. The first kappa shape index (κ1) is 14.3. The molecular weight excluding hydrogens is 284 g/mol. The van der Waals surface area contributed by atoms with Crippen LogP contribution in [-0.4, -0.2) is 28.5 Å². The number of carbonyl (C=O) groups excluding carboxylic acids is 1. The van der Waals surface area contributed by atoms with Gasteiger partial charge in [-0.3, -0.25) is 9.59 Å². The fourth-order valence-corrected chi connectivity index (χ4v) is 1.71. The van der Waals surface area contributed by atoms with Crippen molar-refractivity contribution in [3.05, 3.63) is 29.2 Å². The third-order valence-electron chi connectivity index (χ3n) is 2.89. The molecule has 2 aromatic heterocycles. The third kappa shape index (κ3) is 2.75. The van der Waals surface area contributed by atoms with E-state index in [4.69, 9.17) is 21.1 Å². The second-order valence-corrected chi connectivity index (χ2v) is 5.35. The first-order chi connectivity index (χ1) is 9.31. The van der Waals surface area contributed by atoms with Crippen LogP contribution >= 0.6 is 11.6 Å². The van der Waals surface area contributed by atoms with E-state index in [9.17, 15) is 9.59 Å². The average molecular weight is 297 g/mol. The molecule has 2 rings (SSSR count). The zero-order chi connectivity index (χ0) is 14.9. The van der Waals surface area contributed by atoms with Gasteiger partial charge in [-0.25, -0.2) is 4.98 Å². The van der Waals surface area contributed by atoms with E-state index in [0.717, 1.165) is 0 Å². The largest absolute Gasteiger partial charge is 0.481 e. The van der Waals surface area contributed by atoms with Crippen molar-refractivity contribution in [2.75, 3.05) is 6.54 Å². The number of nitrogens with zero attached hydrogens (tertiary/aromatic N) is 1. The second kappa shape index (κ2) is 5.13. The summed E-state index contributed by atoms with van der Waals surface area (Å²) in [5.41, 5.74) is -0.603. The van der Waals surface area contributed by atoms with Gasteiger partial charge in [-0.05, 0) is 19.9 Å². The summed E-state index contributed by atoms with van der Waals surface area (Å²) in [5, 5.41) is 12.3. The number of hydrogen-bond acceptors (Lipinski definition) is 4. The maximum Gasteiger partial charge on any atom is 0.310 e. The molecular formula is C13H13ClN2O4. The Hall–Kier alpha value is -2.08. The summed E-state index contributed by atoms with van der Waals surface area (Å²) in [6, 6.07) is 3.08. The molecule has 0 unspecified atom stereocenters. The molecule has 2 aromatic rings. The number of aromatic nitrogens is 1. The Morgan fingerprint density at radius 3 is 2.80 bits per heavy atom. The molecule has 2 heterocycles. The monoisotopic (exact) mass is 296 g/mol. The van der Waals surface area contributed by atoms with E-state index in [1.54, 1.807) is 6.07 Å². The van der Waals surface area contributed by atoms with Gasteiger partial charge >= 0.3 is 5.97 Å². The zero-order valence-corrected chi connectivity index (χ0v) is 11.7. The smallest absolute Gasteiger partial charge is 0.310 e. The quantitative estimate of drug-likeness (QED) is 0.845. The molecule has 0 aliphatic rings. The highest BCUT2D eigenvalue weighted by Gasteiger charge is 2.28. The molecule has 0 atom stereocenters. The van der Waals surface area contributed by atoms with Crippen LogP contribution in [0.1, 0.15) is 24.4 Å². The number of carboxylic acids is 1. The van der Waals surface area contributed by atoms with Gasteiger partial charge in [0.1, 0.15) is 10.7 Å². The van der Waals surface area contributed by atoms with Gasteiger partial charge in [0.15, 0.2) is 5.76 Å². The Morgan fingerprint density at radius 2 is 2.20 bits per heavy atom. The van der Waals surface area contributed by atoms with Crippen LogP contribution in [0.4, 0.5) is 0 Å². The maximum absolute atomic E-state index is 11.9. The molecule has 0 saturated carbocycles. The van der Waals surface area contributed by atoms with E-state index in [1.165, 1.54) is 26.1 Å². The summed E-state index contributed by atoms with van der Waals surface area (Å²) in [5.74, 6) is -1.42. The van der Waals surface area contributed by atoms with Crippen LogP contribution in [-0.2, 0) is 4.79 Å². The molecule has 0 radical (unpaired) electrons. The number of aliphatic carboxylic acids is 1. The van der Waals surface area contributed by atoms with Crippen LogP contribution in [0.5, 0.6) is 0 Å². The topological polar surface area (TPSA) is 92.4 Å². The van der Waals surface area contributed by atoms with Crippen molar-refractivity contribution in [2.45, 2.75) is 13.8 Å². The van der Waals surface area contributed by atoms with Crippen molar-refractivity contribution in [1.29, 1.82) is 0 Å². The lowest BCUT2D eigenvalue weighted by atomic mass is 9.94. The van der Waals surface area contributed by atoms with Crippen molar-refractivity contribution in [3.8, 4) is 0 Å². The molecule has 0 aromatic carbocycles. The summed E-state index contributed by atoms with van der Waals surface area (Å²) < 4.78 is 5.35. The van der Waals surface area contributed by atoms with Crippen LogP contribution in [0.15, 0.2) is 22.7 Å². The Morgan fingerprint density at radius 1 is 1.50 bits per heavy atom. The van der Waals surface area contributed by atoms with Gasteiger partial charge in [0.2, 0.25) is 0 Å². The lowest BCUT2D eigenvalue weighted by Gasteiger charge is -2.18. The van der Waals surface area contributed by atoms with E-state index in [1.807, 2.05) is 0 Å². The molecule has 0 bridgehead atoms. The molecule has 20 heavy (non-hydrogen) atoms. The number of hydrogen-bond donors (Lipinski definition) is 2. The molecule has 0 fully saturated rings. The molecule has 0 saturated heterocycles. The fourth-order valence-electron chi connectivity index (χ4n) is 1.51. The van der Waals surface area contributed by atoms with Gasteiger partial charge in [0.25, 0.3) is 5.91 Å². The molecule has 2 N–H and O–H groups in total. The summed E-state index contributed by atoms with van der Waals surface area (Å²) in [4.78, 5) is 26.8. The second-order valence-electron chi connectivity index (χ2n) is 5.00. The molecule has 106 valence electrons. The molecule has 7 heteroatoms. The molecule has 0 spiro atoms. The lowest BCUT2D eigenvalue weighted by molar-refractivity contribution is -0.146. The molecule has 0 aliphatic carbocycles. The predicted molar refractivity (Wildman–Crippen MR) is 72.8 cm³/mol. The summed E-state index contributed by atoms with van der Waals surface area (Å²) in [7, 11) is 0. The van der Waals surface area contributed by atoms with Gasteiger partial charge in [0, 0.05) is 18.8 Å². The lowest BCUT2D eigenvalue weighted by Crippen LogP contribution is -2.38. The van der Waals surface area contributed by atoms with Gasteiger partial charge in [-0.1, -0.05) is 11.6 Å². The average Bonchev–Trinajstić information content (AvgIpc) is 2.81. The predicted octanol–water partition coefficient (Wildman–Crippen LogP) is 2.32. The van der Waals surface area contributed by atoms with Gasteiger partial charge in [-0.15, -0.1) is 0 Å². The van der Waals surface area contributed by atoms with E-state index < -0.39 is 17.3 Å². The van der Waals surface area contributed by atoms with Crippen LogP contribution in [0.2, 0.25) is 5.15 Å². The summed E-state index contributed by atoms with van der Waals surface area (Å²) in [6.45, 7) is 3.04. The fraction of sp³-hybridized carbons (Fsp3) is 0.308. The zero-order valence-electron chi connectivity index (χ0n) is 10.9.